The summed E-state index contributed by atoms with van der Waals surface area (Å²) >= 11 is 0. The highest BCUT2D eigenvalue weighted by Crippen LogP contribution is 2.27. The fraction of sp³-hybridized carbons (Fsp3) is 0.118. The number of imidazole rings is 1. The van der Waals surface area contributed by atoms with Crippen LogP contribution in [0.2, 0.25) is 0 Å². The van der Waals surface area contributed by atoms with Gasteiger partial charge in [0, 0.05) is 25.6 Å². The van der Waals surface area contributed by atoms with Crippen molar-refractivity contribution in [2.45, 2.75) is 6.04 Å². The maximum absolute atomic E-state index is 4.51. The van der Waals surface area contributed by atoms with E-state index in [2.05, 4.69) is 37.4 Å². The Morgan fingerprint density at radius 1 is 1.09 bits per heavy atom. The Bertz CT molecular complexity index is 924. The maximum atomic E-state index is 4.51. The van der Waals surface area contributed by atoms with E-state index in [9.17, 15) is 0 Å². The van der Waals surface area contributed by atoms with Crippen molar-refractivity contribution < 1.29 is 0 Å². The van der Waals surface area contributed by atoms with Crippen LogP contribution in [0.3, 0.4) is 0 Å². The molecule has 4 rings (SSSR count). The van der Waals surface area contributed by atoms with E-state index in [4.69, 9.17) is 0 Å². The lowest BCUT2D eigenvalue weighted by Gasteiger charge is -2.20. The van der Waals surface area contributed by atoms with E-state index in [0.29, 0.717) is 0 Å². The summed E-state index contributed by atoms with van der Waals surface area (Å²) in [5.41, 5.74) is 1.94. The van der Waals surface area contributed by atoms with Gasteiger partial charge >= 0.3 is 0 Å². The van der Waals surface area contributed by atoms with Crippen LogP contribution in [0.4, 0.5) is 5.82 Å². The minimum absolute atomic E-state index is 0.0933. The SMILES string of the molecule is Cn1ccnc1C(Nc1ncnc2[nH]ccc12)c1ccccc1. The molecule has 3 heterocycles. The van der Waals surface area contributed by atoms with Crippen molar-refractivity contribution in [3.05, 3.63) is 72.7 Å². The molecule has 0 bridgehead atoms. The Morgan fingerprint density at radius 2 is 1.96 bits per heavy atom. The van der Waals surface area contributed by atoms with Gasteiger partial charge in [0.1, 0.15) is 29.7 Å². The molecule has 0 amide bonds. The Morgan fingerprint density at radius 3 is 2.74 bits per heavy atom. The highest BCUT2D eigenvalue weighted by Gasteiger charge is 2.19. The normalized spacial score (nSPS) is 12.4. The lowest BCUT2D eigenvalue weighted by molar-refractivity contribution is 0.746. The van der Waals surface area contributed by atoms with Gasteiger partial charge in [-0.2, -0.15) is 0 Å². The second kappa shape index (κ2) is 5.57. The molecular weight excluding hydrogens is 288 g/mol. The van der Waals surface area contributed by atoms with Crippen molar-refractivity contribution in [3.63, 3.8) is 0 Å². The lowest BCUT2D eigenvalue weighted by atomic mass is 10.1. The first-order valence-electron chi connectivity index (χ1n) is 7.40. The van der Waals surface area contributed by atoms with Gasteiger partial charge in [0.25, 0.3) is 0 Å². The predicted octanol–water partition coefficient (Wildman–Crippen LogP) is 2.89. The molecule has 1 atom stereocenters. The van der Waals surface area contributed by atoms with E-state index in [-0.39, 0.29) is 6.04 Å². The number of fused-ring (bicyclic) bond motifs is 1. The molecule has 0 saturated heterocycles. The summed E-state index contributed by atoms with van der Waals surface area (Å²) in [6.45, 7) is 0. The zero-order valence-electron chi connectivity index (χ0n) is 12.6. The number of H-pyrrole nitrogens is 1. The smallest absolute Gasteiger partial charge is 0.142 e. The van der Waals surface area contributed by atoms with Crippen molar-refractivity contribution in [3.8, 4) is 0 Å². The molecule has 0 aliphatic heterocycles. The van der Waals surface area contributed by atoms with Gasteiger partial charge in [0.15, 0.2) is 0 Å². The summed E-state index contributed by atoms with van der Waals surface area (Å²) in [6, 6.07) is 12.1. The summed E-state index contributed by atoms with van der Waals surface area (Å²) in [4.78, 5) is 16.3. The topological polar surface area (TPSA) is 71.4 Å². The van der Waals surface area contributed by atoms with E-state index in [1.807, 2.05) is 48.3 Å². The fourth-order valence-electron chi connectivity index (χ4n) is 2.72. The minimum Gasteiger partial charge on any atom is -0.356 e. The van der Waals surface area contributed by atoms with Gasteiger partial charge < -0.3 is 14.9 Å². The molecule has 0 aliphatic rings. The standard InChI is InChI=1S/C17H16N6/c1-23-10-9-19-17(23)14(12-5-3-2-4-6-12)22-16-13-7-8-18-15(13)20-11-21-16/h2-11,14H,1H3,(H2,18,20,21,22). The third-order valence-corrected chi connectivity index (χ3v) is 3.88. The molecule has 0 fully saturated rings. The van der Waals surface area contributed by atoms with E-state index in [1.54, 1.807) is 12.5 Å². The third kappa shape index (κ3) is 2.44. The molecule has 0 saturated carbocycles. The first-order valence-corrected chi connectivity index (χ1v) is 7.40. The number of benzene rings is 1. The summed E-state index contributed by atoms with van der Waals surface area (Å²) in [7, 11) is 1.99. The molecular formula is C17H16N6. The molecule has 0 radical (unpaired) electrons. The second-order valence-electron chi connectivity index (χ2n) is 5.35. The number of aromatic amines is 1. The number of rotatable bonds is 4. The Balaban J connectivity index is 1.80. The van der Waals surface area contributed by atoms with Crippen LogP contribution in [0.5, 0.6) is 0 Å². The van der Waals surface area contributed by atoms with Crippen LogP contribution >= 0.6 is 0 Å². The van der Waals surface area contributed by atoms with Gasteiger partial charge in [-0.1, -0.05) is 30.3 Å². The van der Waals surface area contributed by atoms with E-state index in [0.717, 1.165) is 28.2 Å². The van der Waals surface area contributed by atoms with Crippen molar-refractivity contribution in [2.75, 3.05) is 5.32 Å². The van der Waals surface area contributed by atoms with E-state index >= 15 is 0 Å². The number of aryl methyl sites for hydroxylation is 1. The first-order chi connectivity index (χ1) is 11.3. The van der Waals surface area contributed by atoms with Gasteiger partial charge in [-0.25, -0.2) is 15.0 Å². The lowest BCUT2D eigenvalue weighted by Crippen LogP contribution is -2.17. The van der Waals surface area contributed by atoms with Crippen LogP contribution in [-0.2, 0) is 7.05 Å². The summed E-state index contributed by atoms with van der Waals surface area (Å²) in [6.07, 6.45) is 7.17. The largest absolute Gasteiger partial charge is 0.356 e. The van der Waals surface area contributed by atoms with E-state index in [1.165, 1.54) is 0 Å². The minimum atomic E-state index is -0.0933. The average Bonchev–Trinajstić information content (AvgIpc) is 3.22. The van der Waals surface area contributed by atoms with Gasteiger partial charge in [-0.05, 0) is 11.6 Å². The Labute approximate surface area is 133 Å². The number of anilines is 1. The van der Waals surface area contributed by atoms with Gasteiger partial charge in [0.05, 0.1) is 5.39 Å². The van der Waals surface area contributed by atoms with Crippen LogP contribution in [0.1, 0.15) is 17.4 Å². The molecule has 0 spiro atoms. The highest BCUT2D eigenvalue weighted by molar-refractivity contribution is 5.86. The van der Waals surface area contributed by atoms with Crippen molar-refractivity contribution in [1.82, 2.24) is 24.5 Å². The highest BCUT2D eigenvalue weighted by atomic mass is 15.1. The first kappa shape index (κ1) is 13.5. The van der Waals surface area contributed by atoms with Crippen LogP contribution in [0, 0.1) is 0 Å². The van der Waals surface area contributed by atoms with Crippen LogP contribution < -0.4 is 5.32 Å². The molecule has 114 valence electrons. The fourth-order valence-corrected chi connectivity index (χ4v) is 2.72. The molecule has 6 nitrogen and oxygen atoms in total. The van der Waals surface area contributed by atoms with Crippen LogP contribution in [0.25, 0.3) is 11.0 Å². The van der Waals surface area contributed by atoms with Crippen LogP contribution in [0.15, 0.2) is 61.3 Å². The number of aromatic nitrogens is 5. The Hall–Kier alpha value is -3.15. The van der Waals surface area contributed by atoms with Crippen molar-refractivity contribution in [2.24, 2.45) is 7.05 Å². The molecule has 6 heteroatoms. The number of hydrogen-bond acceptors (Lipinski definition) is 4. The Kier molecular flexibility index (Phi) is 3.27. The zero-order chi connectivity index (χ0) is 15.6. The molecule has 3 aromatic heterocycles. The maximum Gasteiger partial charge on any atom is 0.142 e. The summed E-state index contributed by atoms with van der Waals surface area (Å²) in [5.74, 6) is 1.71. The molecule has 4 aromatic rings. The molecule has 0 aliphatic carbocycles. The predicted molar refractivity (Wildman–Crippen MR) is 89.0 cm³/mol. The quantitative estimate of drug-likeness (QED) is 0.608. The van der Waals surface area contributed by atoms with Gasteiger partial charge in [0.2, 0.25) is 0 Å². The summed E-state index contributed by atoms with van der Waals surface area (Å²) < 4.78 is 2.01. The van der Waals surface area contributed by atoms with E-state index < -0.39 is 0 Å². The molecule has 1 aromatic carbocycles. The molecule has 2 N–H and O–H groups in total. The van der Waals surface area contributed by atoms with Crippen molar-refractivity contribution in [1.29, 1.82) is 0 Å². The van der Waals surface area contributed by atoms with Gasteiger partial charge in [-0.3, -0.25) is 0 Å². The van der Waals surface area contributed by atoms with Crippen LogP contribution in [-0.4, -0.2) is 24.5 Å². The monoisotopic (exact) mass is 304 g/mol. The second-order valence-corrected chi connectivity index (χ2v) is 5.35. The van der Waals surface area contributed by atoms with Gasteiger partial charge in [-0.15, -0.1) is 0 Å². The molecule has 1 unspecified atom stereocenters. The molecule has 23 heavy (non-hydrogen) atoms. The third-order valence-electron chi connectivity index (χ3n) is 3.88. The average molecular weight is 304 g/mol. The zero-order valence-corrected chi connectivity index (χ0v) is 12.6. The number of hydrogen-bond donors (Lipinski definition) is 2. The number of nitrogens with zero attached hydrogens (tertiary/aromatic N) is 4. The number of nitrogens with one attached hydrogen (secondary N) is 2. The summed E-state index contributed by atoms with van der Waals surface area (Å²) in [5, 5.41) is 4.47. The van der Waals surface area contributed by atoms with Crippen molar-refractivity contribution >= 4 is 16.9 Å².